The third kappa shape index (κ3) is 3.75. The van der Waals surface area contributed by atoms with E-state index in [1.165, 1.54) is 6.20 Å². The summed E-state index contributed by atoms with van der Waals surface area (Å²) in [6.07, 6.45) is 1.51. The molecule has 2 aromatic rings. The molecule has 1 amide bonds. The van der Waals surface area contributed by atoms with E-state index in [-0.39, 0.29) is 5.91 Å². The van der Waals surface area contributed by atoms with Crippen molar-refractivity contribution >= 4 is 29.1 Å². The van der Waals surface area contributed by atoms with Gasteiger partial charge in [-0.2, -0.15) is 0 Å². The first kappa shape index (κ1) is 16.1. The highest BCUT2D eigenvalue weighted by Gasteiger charge is 2.18. The molecule has 0 saturated carbocycles. The predicted molar refractivity (Wildman–Crippen MR) is 89.5 cm³/mol. The van der Waals surface area contributed by atoms with Crippen molar-refractivity contribution in [1.82, 2.24) is 15.2 Å². The van der Waals surface area contributed by atoms with Crippen LogP contribution in [-0.2, 0) is 0 Å². The second-order valence-corrected chi connectivity index (χ2v) is 5.87. The number of halogens is 2. The molecule has 5 nitrogen and oxygen atoms in total. The maximum absolute atomic E-state index is 12.3. The van der Waals surface area contributed by atoms with Crippen molar-refractivity contribution in [3.8, 4) is 11.6 Å². The Morgan fingerprint density at radius 3 is 2.65 bits per heavy atom. The highest BCUT2D eigenvalue weighted by atomic mass is 35.5. The lowest BCUT2D eigenvalue weighted by Gasteiger charge is -2.27. The Balaban J connectivity index is 1.71. The van der Waals surface area contributed by atoms with Crippen molar-refractivity contribution in [2.24, 2.45) is 0 Å². The summed E-state index contributed by atoms with van der Waals surface area (Å²) in [6.45, 7) is 3.03. The Bertz CT molecular complexity index is 701. The Kier molecular flexibility index (Phi) is 5.00. The fourth-order valence-corrected chi connectivity index (χ4v) is 2.62. The van der Waals surface area contributed by atoms with Crippen LogP contribution in [0.5, 0.6) is 11.6 Å². The Morgan fingerprint density at radius 2 is 1.96 bits per heavy atom. The van der Waals surface area contributed by atoms with Crippen LogP contribution < -0.4 is 10.1 Å². The second-order valence-electron chi connectivity index (χ2n) is 5.08. The van der Waals surface area contributed by atoms with Crippen LogP contribution in [0, 0.1) is 0 Å². The number of carbonyl (C=O) groups excluding carboxylic acids is 1. The van der Waals surface area contributed by atoms with E-state index < -0.39 is 0 Å². The zero-order chi connectivity index (χ0) is 16.2. The highest BCUT2D eigenvalue weighted by Crippen LogP contribution is 2.33. The molecule has 0 atom stereocenters. The third-order valence-corrected chi connectivity index (χ3v) is 4.32. The number of ether oxygens (including phenoxy) is 1. The molecule has 1 saturated heterocycles. The van der Waals surface area contributed by atoms with E-state index in [9.17, 15) is 4.79 Å². The normalized spacial score (nSPS) is 14.6. The Hall–Kier alpha value is -1.82. The van der Waals surface area contributed by atoms with Gasteiger partial charge in [0, 0.05) is 38.4 Å². The van der Waals surface area contributed by atoms with Gasteiger partial charge in [0.1, 0.15) is 10.8 Å². The lowest BCUT2D eigenvalue weighted by Crippen LogP contribution is -2.46. The van der Waals surface area contributed by atoms with Crippen LogP contribution in [0.2, 0.25) is 10.0 Å². The number of hydrogen-bond acceptors (Lipinski definition) is 4. The van der Waals surface area contributed by atoms with E-state index in [2.05, 4.69) is 10.3 Å². The van der Waals surface area contributed by atoms with Crippen LogP contribution in [0.1, 0.15) is 10.4 Å². The average Bonchev–Trinajstić information content (AvgIpc) is 2.60. The van der Waals surface area contributed by atoms with Gasteiger partial charge in [-0.3, -0.25) is 4.79 Å². The van der Waals surface area contributed by atoms with Crippen molar-refractivity contribution in [3.63, 3.8) is 0 Å². The molecule has 0 spiro atoms. The quantitative estimate of drug-likeness (QED) is 0.922. The number of amides is 1. The first-order valence-electron chi connectivity index (χ1n) is 7.23. The lowest BCUT2D eigenvalue weighted by molar-refractivity contribution is 0.0735. The number of nitrogens with one attached hydrogen (secondary N) is 1. The summed E-state index contributed by atoms with van der Waals surface area (Å²) < 4.78 is 5.61. The van der Waals surface area contributed by atoms with E-state index in [0.29, 0.717) is 40.3 Å². The summed E-state index contributed by atoms with van der Waals surface area (Å²) in [5.74, 6) is 0.755. The van der Waals surface area contributed by atoms with Crippen LogP contribution in [-0.4, -0.2) is 42.0 Å². The summed E-state index contributed by atoms with van der Waals surface area (Å²) >= 11 is 12.0. The number of aromatic nitrogens is 1. The van der Waals surface area contributed by atoms with Crippen LogP contribution in [0.4, 0.5) is 0 Å². The van der Waals surface area contributed by atoms with Crippen LogP contribution in [0.15, 0.2) is 36.5 Å². The zero-order valence-corrected chi connectivity index (χ0v) is 13.8. The number of nitrogens with zero attached hydrogens (tertiary/aromatic N) is 2. The first-order valence-corrected chi connectivity index (χ1v) is 7.98. The van der Waals surface area contributed by atoms with Gasteiger partial charge >= 0.3 is 0 Å². The van der Waals surface area contributed by atoms with Gasteiger partial charge in [-0.05, 0) is 18.2 Å². The second kappa shape index (κ2) is 7.17. The summed E-state index contributed by atoms with van der Waals surface area (Å²) in [5, 5.41) is 3.96. The van der Waals surface area contributed by atoms with Crippen LogP contribution in [0.25, 0.3) is 0 Å². The molecule has 1 aliphatic heterocycles. The number of pyridine rings is 1. The maximum Gasteiger partial charge on any atom is 0.255 e. The molecule has 2 heterocycles. The van der Waals surface area contributed by atoms with Gasteiger partial charge in [0.15, 0.2) is 0 Å². The van der Waals surface area contributed by atoms with Gasteiger partial charge in [-0.25, -0.2) is 4.98 Å². The number of benzene rings is 1. The van der Waals surface area contributed by atoms with Crippen molar-refractivity contribution in [2.45, 2.75) is 0 Å². The smallest absolute Gasteiger partial charge is 0.255 e. The standard InChI is InChI=1S/C16H15Cl2N3O2/c17-12-2-1-3-13(15(12)18)23-14-5-4-11(10-20-14)16(22)21-8-6-19-7-9-21/h1-5,10,19H,6-9H2. The summed E-state index contributed by atoms with van der Waals surface area (Å²) in [5.41, 5.74) is 0.538. The zero-order valence-electron chi connectivity index (χ0n) is 12.3. The SMILES string of the molecule is O=C(c1ccc(Oc2cccc(Cl)c2Cl)nc1)N1CCNCC1. The number of carbonyl (C=O) groups is 1. The van der Waals surface area contributed by atoms with Crippen molar-refractivity contribution in [2.75, 3.05) is 26.2 Å². The summed E-state index contributed by atoms with van der Waals surface area (Å²) in [4.78, 5) is 18.3. The molecule has 1 aromatic heterocycles. The number of piperazine rings is 1. The molecule has 0 aliphatic carbocycles. The molecule has 0 bridgehead atoms. The monoisotopic (exact) mass is 351 g/mol. The average molecular weight is 352 g/mol. The molecular weight excluding hydrogens is 337 g/mol. The molecule has 0 unspecified atom stereocenters. The molecule has 1 N–H and O–H groups in total. The molecule has 7 heteroatoms. The van der Waals surface area contributed by atoms with Gasteiger partial charge in [-0.1, -0.05) is 29.3 Å². The first-order chi connectivity index (χ1) is 11.1. The fourth-order valence-electron chi connectivity index (χ4n) is 2.29. The van der Waals surface area contributed by atoms with Crippen LogP contribution in [0.3, 0.4) is 0 Å². The van der Waals surface area contributed by atoms with E-state index >= 15 is 0 Å². The predicted octanol–water partition coefficient (Wildman–Crippen LogP) is 3.23. The van der Waals surface area contributed by atoms with Gasteiger partial charge < -0.3 is 15.0 Å². The third-order valence-electron chi connectivity index (χ3n) is 3.52. The molecule has 1 fully saturated rings. The molecule has 1 aromatic carbocycles. The minimum atomic E-state index is -0.0219. The van der Waals surface area contributed by atoms with Crippen molar-refractivity contribution in [3.05, 3.63) is 52.1 Å². The summed E-state index contributed by atoms with van der Waals surface area (Å²) in [6, 6.07) is 8.47. The minimum absolute atomic E-state index is 0.0219. The largest absolute Gasteiger partial charge is 0.437 e. The van der Waals surface area contributed by atoms with E-state index in [1.807, 2.05) is 4.90 Å². The molecule has 120 valence electrons. The molecule has 3 rings (SSSR count). The number of hydrogen-bond donors (Lipinski definition) is 1. The molecule has 1 aliphatic rings. The van der Waals surface area contributed by atoms with Crippen LogP contribution >= 0.6 is 23.2 Å². The Labute approximate surface area is 144 Å². The van der Waals surface area contributed by atoms with Gasteiger partial charge in [0.25, 0.3) is 5.91 Å². The van der Waals surface area contributed by atoms with Crippen molar-refractivity contribution in [1.29, 1.82) is 0 Å². The van der Waals surface area contributed by atoms with E-state index in [1.54, 1.807) is 30.3 Å². The molecule has 23 heavy (non-hydrogen) atoms. The summed E-state index contributed by atoms with van der Waals surface area (Å²) in [7, 11) is 0. The number of rotatable bonds is 3. The topological polar surface area (TPSA) is 54.5 Å². The van der Waals surface area contributed by atoms with E-state index in [0.717, 1.165) is 13.1 Å². The lowest BCUT2D eigenvalue weighted by atomic mass is 10.2. The Morgan fingerprint density at radius 1 is 1.17 bits per heavy atom. The molecule has 0 radical (unpaired) electrons. The van der Waals surface area contributed by atoms with Gasteiger partial charge in [-0.15, -0.1) is 0 Å². The highest BCUT2D eigenvalue weighted by molar-refractivity contribution is 6.42. The van der Waals surface area contributed by atoms with E-state index in [4.69, 9.17) is 27.9 Å². The fraction of sp³-hybridized carbons (Fsp3) is 0.250. The molecular formula is C16H15Cl2N3O2. The van der Waals surface area contributed by atoms with Crippen molar-refractivity contribution < 1.29 is 9.53 Å². The van der Waals surface area contributed by atoms with Gasteiger partial charge in [0.05, 0.1) is 10.6 Å². The van der Waals surface area contributed by atoms with Gasteiger partial charge in [0.2, 0.25) is 5.88 Å². The minimum Gasteiger partial charge on any atom is -0.437 e. The maximum atomic E-state index is 12.3.